The molecule has 4 heteroatoms. The molecule has 0 spiro atoms. The molecule has 0 amide bonds. The second-order valence-corrected chi connectivity index (χ2v) is 6.19. The minimum atomic E-state index is 0.749. The molecule has 0 radical (unpaired) electrons. The Morgan fingerprint density at radius 2 is 1.95 bits per heavy atom. The fraction of sp³-hybridized carbons (Fsp3) is 0.0625. The molecule has 0 saturated heterocycles. The van der Waals surface area contributed by atoms with E-state index in [4.69, 9.17) is 11.6 Å². The zero-order valence-electron chi connectivity index (χ0n) is 10.6. The molecule has 20 heavy (non-hydrogen) atoms. The third-order valence-corrected chi connectivity index (χ3v) is 4.10. The molecule has 0 atom stereocenters. The molecule has 1 heterocycles. The van der Waals surface area contributed by atoms with Crippen LogP contribution < -0.4 is 5.32 Å². The van der Waals surface area contributed by atoms with E-state index in [9.17, 15) is 0 Å². The number of benzene rings is 2. The molecule has 0 unspecified atom stereocenters. The van der Waals surface area contributed by atoms with Gasteiger partial charge in [-0.15, -0.1) is 0 Å². The molecular formula is C16H12ClIN2. The highest BCUT2D eigenvalue weighted by atomic mass is 127. The largest absolute Gasteiger partial charge is 0.380 e. The summed E-state index contributed by atoms with van der Waals surface area (Å²) in [5.41, 5.74) is 2.18. The summed E-state index contributed by atoms with van der Waals surface area (Å²) in [6, 6.07) is 14.4. The fourth-order valence-corrected chi connectivity index (χ4v) is 3.00. The van der Waals surface area contributed by atoms with Crippen LogP contribution in [0.2, 0.25) is 5.02 Å². The Kier molecular flexibility index (Phi) is 4.08. The van der Waals surface area contributed by atoms with E-state index in [2.05, 4.69) is 51.1 Å². The van der Waals surface area contributed by atoms with Crippen LogP contribution in [0.4, 0.5) is 5.69 Å². The van der Waals surface area contributed by atoms with Gasteiger partial charge in [0.15, 0.2) is 0 Å². The first-order valence-corrected chi connectivity index (χ1v) is 7.69. The molecule has 0 bridgehead atoms. The fourth-order valence-electron chi connectivity index (χ4n) is 2.07. The van der Waals surface area contributed by atoms with E-state index in [1.807, 2.05) is 36.7 Å². The number of hydrogen-bond acceptors (Lipinski definition) is 2. The minimum absolute atomic E-state index is 0.749. The number of anilines is 1. The van der Waals surface area contributed by atoms with Crippen LogP contribution in [0.25, 0.3) is 10.8 Å². The zero-order valence-corrected chi connectivity index (χ0v) is 13.5. The number of pyridine rings is 1. The smallest absolute Gasteiger partial charge is 0.0648 e. The van der Waals surface area contributed by atoms with Crippen LogP contribution in [0, 0.1) is 3.57 Å². The van der Waals surface area contributed by atoms with Gasteiger partial charge in [0.2, 0.25) is 0 Å². The maximum atomic E-state index is 6.22. The molecular weight excluding hydrogens is 383 g/mol. The summed E-state index contributed by atoms with van der Waals surface area (Å²) in [6.45, 7) is 0.749. The maximum absolute atomic E-state index is 6.22. The van der Waals surface area contributed by atoms with E-state index in [0.717, 1.165) is 26.2 Å². The lowest BCUT2D eigenvalue weighted by atomic mass is 10.1. The van der Waals surface area contributed by atoms with Gasteiger partial charge in [-0.1, -0.05) is 23.7 Å². The lowest BCUT2D eigenvalue weighted by Crippen LogP contribution is -2.00. The highest BCUT2D eigenvalue weighted by Gasteiger charge is 2.01. The number of rotatable bonds is 3. The lowest BCUT2D eigenvalue weighted by molar-refractivity contribution is 1.15. The third kappa shape index (κ3) is 3.04. The molecule has 0 aliphatic rings. The van der Waals surface area contributed by atoms with Crippen molar-refractivity contribution in [3.8, 4) is 0 Å². The Labute approximate surface area is 136 Å². The predicted molar refractivity (Wildman–Crippen MR) is 93.2 cm³/mol. The Balaban J connectivity index is 1.79. The normalized spacial score (nSPS) is 10.7. The standard InChI is InChI=1S/C16H12ClIN2/c17-15-8-14(18)3-4-16(15)20-9-11-1-2-13-10-19-6-5-12(13)7-11/h1-8,10,20H,9H2. The third-order valence-electron chi connectivity index (χ3n) is 3.12. The van der Waals surface area contributed by atoms with E-state index in [1.165, 1.54) is 10.9 Å². The lowest BCUT2D eigenvalue weighted by Gasteiger charge is -2.09. The molecule has 0 aliphatic carbocycles. The highest BCUT2D eigenvalue weighted by molar-refractivity contribution is 14.1. The number of nitrogens with zero attached hydrogens (tertiary/aromatic N) is 1. The predicted octanol–water partition coefficient (Wildman–Crippen LogP) is 5.10. The summed E-state index contributed by atoms with van der Waals surface area (Å²) in [5, 5.41) is 6.48. The first-order valence-electron chi connectivity index (χ1n) is 6.24. The van der Waals surface area contributed by atoms with E-state index < -0.39 is 0 Å². The number of halogens is 2. The van der Waals surface area contributed by atoms with Crippen molar-refractivity contribution in [1.82, 2.24) is 4.98 Å². The van der Waals surface area contributed by atoms with Gasteiger partial charge in [0.25, 0.3) is 0 Å². The quantitative estimate of drug-likeness (QED) is 0.625. The first kappa shape index (κ1) is 13.6. The van der Waals surface area contributed by atoms with Crippen molar-refractivity contribution in [1.29, 1.82) is 0 Å². The van der Waals surface area contributed by atoms with E-state index >= 15 is 0 Å². The first-order chi connectivity index (χ1) is 9.72. The zero-order chi connectivity index (χ0) is 13.9. The van der Waals surface area contributed by atoms with Gasteiger partial charge in [0.1, 0.15) is 0 Å². The van der Waals surface area contributed by atoms with Gasteiger partial charge in [-0.05, 0) is 63.9 Å². The molecule has 2 aromatic carbocycles. The highest BCUT2D eigenvalue weighted by Crippen LogP contribution is 2.24. The number of fused-ring (bicyclic) bond motifs is 1. The maximum Gasteiger partial charge on any atom is 0.0648 e. The molecule has 3 rings (SSSR count). The summed E-state index contributed by atoms with van der Waals surface area (Å²) in [4.78, 5) is 4.12. The molecule has 3 aromatic rings. The average Bonchev–Trinajstić information content (AvgIpc) is 2.46. The average molecular weight is 395 g/mol. The summed E-state index contributed by atoms with van der Waals surface area (Å²) in [5.74, 6) is 0. The van der Waals surface area contributed by atoms with Crippen LogP contribution in [-0.4, -0.2) is 4.98 Å². The second kappa shape index (κ2) is 5.97. The molecule has 1 N–H and O–H groups in total. The van der Waals surface area contributed by atoms with Crippen LogP contribution in [0.5, 0.6) is 0 Å². The minimum Gasteiger partial charge on any atom is -0.380 e. The van der Waals surface area contributed by atoms with Crippen molar-refractivity contribution in [2.24, 2.45) is 0 Å². The van der Waals surface area contributed by atoms with Crippen LogP contribution in [0.1, 0.15) is 5.56 Å². The summed E-state index contributed by atoms with van der Waals surface area (Å²) < 4.78 is 1.14. The van der Waals surface area contributed by atoms with Crippen molar-refractivity contribution in [2.75, 3.05) is 5.32 Å². The van der Waals surface area contributed by atoms with Gasteiger partial charge in [-0.25, -0.2) is 0 Å². The number of nitrogens with one attached hydrogen (secondary N) is 1. The van der Waals surface area contributed by atoms with Crippen LogP contribution in [-0.2, 0) is 6.54 Å². The van der Waals surface area contributed by atoms with E-state index in [-0.39, 0.29) is 0 Å². The van der Waals surface area contributed by atoms with Crippen molar-refractivity contribution < 1.29 is 0 Å². The Morgan fingerprint density at radius 1 is 1.05 bits per heavy atom. The monoisotopic (exact) mass is 394 g/mol. The van der Waals surface area contributed by atoms with Gasteiger partial charge in [0, 0.05) is 27.9 Å². The van der Waals surface area contributed by atoms with Crippen LogP contribution in [0.3, 0.4) is 0 Å². The van der Waals surface area contributed by atoms with E-state index in [0.29, 0.717) is 0 Å². The topological polar surface area (TPSA) is 24.9 Å². The van der Waals surface area contributed by atoms with Gasteiger partial charge < -0.3 is 5.32 Å². The van der Waals surface area contributed by atoms with E-state index in [1.54, 1.807) is 0 Å². The van der Waals surface area contributed by atoms with Crippen molar-refractivity contribution in [3.05, 3.63) is 69.0 Å². The molecule has 0 saturated carbocycles. The van der Waals surface area contributed by atoms with Gasteiger partial charge in [-0.3, -0.25) is 4.98 Å². The van der Waals surface area contributed by atoms with Crippen molar-refractivity contribution in [2.45, 2.75) is 6.54 Å². The molecule has 1 aromatic heterocycles. The van der Waals surface area contributed by atoms with Crippen molar-refractivity contribution >= 4 is 50.7 Å². The SMILES string of the molecule is Clc1cc(I)ccc1NCc1ccc2cnccc2c1. The van der Waals surface area contributed by atoms with Gasteiger partial charge in [0.05, 0.1) is 10.7 Å². The summed E-state index contributed by atoms with van der Waals surface area (Å²) in [7, 11) is 0. The van der Waals surface area contributed by atoms with Gasteiger partial charge >= 0.3 is 0 Å². The molecule has 0 aliphatic heterocycles. The summed E-state index contributed by atoms with van der Waals surface area (Å²) >= 11 is 8.47. The number of hydrogen-bond donors (Lipinski definition) is 1. The Hall–Kier alpha value is -1.33. The number of aromatic nitrogens is 1. The second-order valence-electron chi connectivity index (χ2n) is 4.53. The Bertz CT molecular complexity index is 758. The Morgan fingerprint density at radius 3 is 2.80 bits per heavy atom. The summed E-state index contributed by atoms with van der Waals surface area (Å²) in [6.07, 6.45) is 3.69. The van der Waals surface area contributed by atoms with Crippen LogP contribution >= 0.6 is 34.2 Å². The van der Waals surface area contributed by atoms with Gasteiger partial charge in [-0.2, -0.15) is 0 Å². The molecule has 2 nitrogen and oxygen atoms in total. The van der Waals surface area contributed by atoms with Crippen molar-refractivity contribution in [3.63, 3.8) is 0 Å². The van der Waals surface area contributed by atoms with Crippen LogP contribution in [0.15, 0.2) is 54.9 Å². The molecule has 0 fully saturated rings. The molecule has 100 valence electrons.